The number of nitrogens with one attached hydrogen (secondary N) is 1. The molecule has 1 atom stereocenters. The number of benzene rings is 1. The molecule has 2 rings (SSSR count). The third kappa shape index (κ3) is 3.33. The molecular weight excluding hydrogens is 222 g/mol. The van der Waals surface area contributed by atoms with Gasteiger partial charge in [0.1, 0.15) is 0 Å². The van der Waals surface area contributed by atoms with Crippen LogP contribution in [0, 0.1) is 6.92 Å². The topological polar surface area (TPSA) is 21.3 Å². The first kappa shape index (κ1) is 13.6. The molecule has 1 saturated carbocycles. The van der Waals surface area contributed by atoms with Crippen LogP contribution in [0.25, 0.3) is 0 Å². The second-order valence-corrected chi connectivity index (χ2v) is 5.45. The average molecular weight is 247 g/mol. The van der Waals surface area contributed by atoms with Gasteiger partial charge in [-0.05, 0) is 50.7 Å². The molecule has 1 aliphatic rings. The van der Waals surface area contributed by atoms with Gasteiger partial charge in [0.15, 0.2) is 0 Å². The van der Waals surface area contributed by atoms with Gasteiger partial charge >= 0.3 is 0 Å². The lowest BCUT2D eigenvalue weighted by atomic mass is 9.91. The van der Waals surface area contributed by atoms with Crippen molar-refractivity contribution >= 4 is 0 Å². The fourth-order valence-corrected chi connectivity index (χ4v) is 2.98. The molecule has 0 bridgehead atoms. The molecule has 0 spiro atoms. The van der Waals surface area contributed by atoms with E-state index in [2.05, 4.69) is 43.4 Å². The first-order valence-electron chi connectivity index (χ1n) is 7.05. The van der Waals surface area contributed by atoms with E-state index in [0.29, 0.717) is 18.2 Å². The van der Waals surface area contributed by atoms with Crippen LogP contribution in [0.4, 0.5) is 0 Å². The van der Waals surface area contributed by atoms with Crippen LogP contribution in [0.2, 0.25) is 0 Å². The van der Waals surface area contributed by atoms with Crippen molar-refractivity contribution in [3.05, 3.63) is 35.4 Å². The fraction of sp³-hybridized carbons (Fsp3) is 0.625. The Balaban J connectivity index is 1.89. The van der Waals surface area contributed by atoms with Crippen molar-refractivity contribution in [2.75, 3.05) is 7.11 Å². The van der Waals surface area contributed by atoms with Gasteiger partial charge in [0, 0.05) is 19.2 Å². The second kappa shape index (κ2) is 6.35. The zero-order chi connectivity index (χ0) is 13.0. The predicted octanol–water partition coefficient (Wildman–Crippen LogP) is 3.60. The Morgan fingerprint density at radius 2 is 1.83 bits per heavy atom. The van der Waals surface area contributed by atoms with Gasteiger partial charge in [0.2, 0.25) is 0 Å². The molecule has 0 radical (unpaired) electrons. The molecule has 18 heavy (non-hydrogen) atoms. The summed E-state index contributed by atoms with van der Waals surface area (Å²) in [6, 6.07) is 9.74. The zero-order valence-electron chi connectivity index (χ0n) is 11.8. The Kier molecular flexibility index (Phi) is 4.79. The maximum Gasteiger partial charge on any atom is 0.0572 e. The molecule has 2 nitrogen and oxygen atoms in total. The van der Waals surface area contributed by atoms with Crippen LogP contribution in [0.15, 0.2) is 24.3 Å². The van der Waals surface area contributed by atoms with Gasteiger partial charge in [-0.15, -0.1) is 0 Å². The van der Waals surface area contributed by atoms with Gasteiger partial charge in [-0.3, -0.25) is 0 Å². The van der Waals surface area contributed by atoms with Crippen LogP contribution in [0.1, 0.15) is 49.8 Å². The third-order valence-electron chi connectivity index (χ3n) is 4.15. The van der Waals surface area contributed by atoms with E-state index in [9.17, 15) is 0 Å². The maximum atomic E-state index is 5.42. The van der Waals surface area contributed by atoms with E-state index in [0.717, 1.165) is 0 Å². The van der Waals surface area contributed by atoms with Crippen molar-refractivity contribution in [3.8, 4) is 0 Å². The summed E-state index contributed by atoms with van der Waals surface area (Å²) in [4.78, 5) is 0. The number of methoxy groups -OCH3 is 1. The molecule has 0 saturated heterocycles. The molecule has 1 aromatic rings. The Morgan fingerprint density at radius 3 is 2.44 bits per heavy atom. The summed E-state index contributed by atoms with van der Waals surface area (Å²) in [6.45, 7) is 4.46. The van der Waals surface area contributed by atoms with Crippen LogP contribution >= 0.6 is 0 Å². The first-order valence-corrected chi connectivity index (χ1v) is 7.05. The van der Waals surface area contributed by atoms with E-state index >= 15 is 0 Å². The summed E-state index contributed by atoms with van der Waals surface area (Å²) >= 11 is 0. The molecule has 0 aromatic heterocycles. The molecule has 2 heteroatoms. The van der Waals surface area contributed by atoms with Crippen molar-refractivity contribution in [2.24, 2.45) is 0 Å². The normalized spacial score (nSPS) is 25.9. The summed E-state index contributed by atoms with van der Waals surface area (Å²) in [6.07, 6.45) is 5.32. The van der Waals surface area contributed by atoms with Crippen LogP contribution in [-0.2, 0) is 4.74 Å². The molecular formula is C16H25NO. The average Bonchev–Trinajstić information content (AvgIpc) is 2.40. The summed E-state index contributed by atoms with van der Waals surface area (Å²) in [7, 11) is 1.83. The van der Waals surface area contributed by atoms with Gasteiger partial charge < -0.3 is 10.1 Å². The summed E-state index contributed by atoms with van der Waals surface area (Å²) in [5, 5.41) is 3.77. The van der Waals surface area contributed by atoms with E-state index < -0.39 is 0 Å². The van der Waals surface area contributed by atoms with Crippen LogP contribution in [-0.4, -0.2) is 19.3 Å². The molecule has 0 aliphatic heterocycles. The van der Waals surface area contributed by atoms with Crippen LogP contribution in [0.3, 0.4) is 0 Å². The zero-order valence-corrected chi connectivity index (χ0v) is 11.8. The van der Waals surface area contributed by atoms with Gasteiger partial charge in [-0.25, -0.2) is 0 Å². The quantitative estimate of drug-likeness (QED) is 0.877. The van der Waals surface area contributed by atoms with Crippen molar-refractivity contribution < 1.29 is 4.74 Å². The highest BCUT2D eigenvalue weighted by molar-refractivity contribution is 5.28. The van der Waals surface area contributed by atoms with E-state index in [1.807, 2.05) is 7.11 Å². The third-order valence-corrected chi connectivity index (χ3v) is 4.15. The lowest BCUT2D eigenvalue weighted by Crippen LogP contribution is -2.36. The highest BCUT2D eigenvalue weighted by atomic mass is 16.5. The summed E-state index contributed by atoms with van der Waals surface area (Å²) in [5.74, 6) is 0. The lowest BCUT2D eigenvalue weighted by molar-refractivity contribution is 0.0614. The van der Waals surface area contributed by atoms with E-state index in [4.69, 9.17) is 4.74 Å². The molecule has 0 heterocycles. The van der Waals surface area contributed by atoms with Crippen molar-refractivity contribution in [2.45, 2.75) is 57.7 Å². The number of hydrogen-bond donors (Lipinski definition) is 1. The Morgan fingerprint density at radius 1 is 1.17 bits per heavy atom. The maximum absolute atomic E-state index is 5.42. The second-order valence-electron chi connectivity index (χ2n) is 5.45. The first-order chi connectivity index (χ1) is 8.70. The lowest BCUT2D eigenvalue weighted by Gasteiger charge is -2.31. The molecule has 1 aromatic carbocycles. The highest BCUT2D eigenvalue weighted by Crippen LogP contribution is 2.24. The number of hydrogen-bond acceptors (Lipinski definition) is 2. The minimum absolute atomic E-state index is 0.440. The number of rotatable bonds is 4. The largest absolute Gasteiger partial charge is 0.381 e. The molecule has 1 aliphatic carbocycles. The monoisotopic (exact) mass is 247 g/mol. The number of ether oxygens (including phenoxy) is 1. The predicted molar refractivity (Wildman–Crippen MR) is 75.8 cm³/mol. The van der Waals surface area contributed by atoms with Crippen molar-refractivity contribution in [1.82, 2.24) is 5.32 Å². The minimum Gasteiger partial charge on any atom is -0.381 e. The Labute approximate surface area is 111 Å². The van der Waals surface area contributed by atoms with Gasteiger partial charge in [-0.1, -0.05) is 24.3 Å². The molecule has 0 amide bonds. The van der Waals surface area contributed by atoms with E-state index in [-0.39, 0.29) is 0 Å². The smallest absolute Gasteiger partial charge is 0.0572 e. The van der Waals surface area contributed by atoms with Gasteiger partial charge in [-0.2, -0.15) is 0 Å². The highest BCUT2D eigenvalue weighted by Gasteiger charge is 2.22. The molecule has 1 N–H and O–H groups in total. The van der Waals surface area contributed by atoms with Gasteiger partial charge in [0.05, 0.1) is 6.10 Å². The van der Waals surface area contributed by atoms with Crippen LogP contribution in [0.5, 0.6) is 0 Å². The Bertz CT molecular complexity index is 369. The fourth-order valence-electron chi connectivity index (χ4n) is 2.98. The summed E-state index contributed by atoms with van der Waals surface area (Å²) < 4.78 is 5.42. The standard InChI is InChI=1S/C16H25NO/c1-12-6-4-5-7-16(12)13(2)17-14-8-10-15(18-3)11-9-14/h4-7,13-15,17H,8-11H2,1-3H3/t13-,14?,15?/m1/s1. The van der Waals surface area contributed by atoms with E-state index in [1.54, 1.807) is 0 Å². The Hall–Kier alpha value is -0.860. The van der Waals surface area contributed by atoms with E-state index in [1.165, 1.54) is 36.8 Å². The molecule has 1 fully saturated rings. The molecule has 100 valence electrons. The molecule has 0 unspecified atom stereocenters. The SMILES string of the molecule is COC1CCC(N[C@H](C)c2ccccc2C)CC1. The van der Waals surface area contributed by atoms with Crippen LogP contribution < -0.4 is 5.32 Å². The minimum atomic E-state index is 0.440. The van der Waals surface area contributed by atoms with Gasteiger partial charge in [0.25, 0.3) is 0 Å². The van der Waals surface area contributed by atoms with Crippen molar-refractivity contribution in [1.29, 1.82) is 0 Å². The summed E-state index contributed by atoms with van der Waals surface area (Å²) in [5.41, 5.74) is 2.80. The van der Waals surface area contributed by atoms with Crippen molar-refractivity contribution in [3.63, 3.8) is 0 Å². The number of aryl methyl sites for hydroxylation is 1.